The second-order valence-electron chi connectivity index (χ2n) is 8.94. The lowest BCUT2D eigenvalue weighted by atomic mass is 10.0. The van der Waals surface area contributed by atoms with Gasteiger partial charge < -0.3 is 19.8 Å². The molecule has 0 unspecified atom stereocenters. The number of hydrogen-bond donors (Lipinski definition) is 2. The Labute approximate surface area is 220 Å². The first-order valence-corrected chi connectivity index (χ1v) is 12.3. The number of aromatic nitrogens is 2. The lowest BCUT2D eigenvalue weighted by Crippen LogP contribution is -2.30. The molecule has 2 aromatic heterocycles. The molecule has 38 heavy (non-hydrogen) atoms. The zero-order valence-electron chi connectivity index (χ0n) is 21.1. The largest absolute Gasteiger partial charge is 0.508 e. The average Bonchev–Trinajstić information content (AvgIpc) is 2.92. The zero-order valence-corrected chi connectivity index (χ0v) is 21.1. The van der Waals surface area contributed by atoms with Crippen molar-refractivity contribution >= 4 is 22.5 Å². The van der Waals surface area contributed by atoms with E-state index in [0.717, 1.165) is 45.1 Å². The summed E-state index contributed by atoms with van der Waals surface area (Å²) in [4.78, 5) is 24.2. The fourth-order valence-electron chi connectivity index (χ4n) is 4.41. The number of phenolic OH excluding ortho intramolecular Hbond substituents is 2. The molecule has 0 bridgehead atoms. The highest BCUT2D eigenvalue weighted by atomic mass is 16.5. The Morgan fingerprint density at radius 2 is 1.79 bits per heavy atom. The highest BCUT2D eigenvalue weighted by Crippen LogP contribution is 2.31. The van der Waals surface area contributed by atoms with Gasteiger partial charge in [0.2, 0.25) is 0 Å². The molecule has 7 nitrogen and oxygen atoms in total. The Hall–Kier alpha value is -4.91. The summed E-state index contributed by atoms with van der Waals surface area (Å²) in [7, 11) is 0. The number of nitrogens with zero attached hydrogens (tertiary/aromatic N) is 3. The molecular weight excluding hydrogens is 478 g/mol. The minimum atomic E-state index is -0.399. The maximum absolute atomic E-state index is 13.6. The number of rotatable bonds is 7. The van der Waals surface area contributed by atoms with Crippen LogP contribution in [0.5, 0.6) is 17.2 Å². The smallest absolute Gasteiger partial charge is 0.262 e. The van der Waals surface area contributed by atoms with Crippen LogP contribution >= 0.6 is 0 Å². The molecule has 0 fully saturated rings. The number of amides is 1. The number of anilines is 1. The van der Waals surface area contributed by atoms with Gasteiger partial charge in [-0.05, 0) is 79.6 Å². The number of ether oxygens (including phenoxy) is 1. The Morgan fingerprint density at radius 1 is 0.974 bits per heavy atom. The molecule has 0 saturated heterocycles. The molecule has 0 aliphatic carbocycles. The molecule has 0 radical (unpaired) electrons. The van der Waals surface area contributed by atoms with E-state index >= 15 is 0 Å². The maximum atomic E-state index is 13.6. The summed E-state index contributed by atoms with van der Waals surface area (Å²) < 4.78 is 5.62. The molecule has 1 amide bonds. The molecule has 0 aliphatic heterocycles. The monoisotopic (exact) mass is 505 g/mol. The van der Waals surface area contributed by atoms with Crippen molar-refractivity contribution in [3.05, 3.63) is 108 Å². The number of hydrogen-bond acceptors (Lipinski definition) is 6. The van der Waals surface area contributed by atoms with Gasteiger partial charge in [-0.1, -0.05) is 18.2 Å². The molecule has 0 saturated carbocycles. The fourth-order valence-corrected chi connectivity index (χ4v) is 4.41. The van der Waals surface area contributed by atoms with Gasteiger partial charge >= 0.3 is 0 Å². The molecule has 5 aromatic rings. The summed E-state index contributed by atoms with van der Waals surface area (Å²) in [5, 5.41) is 21.0. The summed E-state index contributed by atoms with van der Waals surface area (Å²) >= 11 is 0. The summed E-state index contributed by atoms with van der Waals surface area (Å²) in [5.41, 5.74) is 5.24. The molecule has 5 rings (SSSR count). The van der Waals surface area contributed by atoms with Crippen molar-refractivity contribution < 1.29 is 19.7 Å². The van der Waals surface area contributed by atoms with E-state index < -0.39 is 5.91 Å². The van der Waals surface area contributed by atoms with Crippen molar-refractivity contribution in [1.29, 1.82) is 0 Å². The van der Waals surface area contributed by atoms with Crippen LogP contribution in [0.1, 0.15) is 28.4 Å². The Balaban J connectivity index is 1.50. The SMILES string of the molecule is CCOc1ccc2nc(-c3ccc(N(Cc4cccnc4)C(=O)c4ccc(O)cc4O)cc3)c(C)cc2c1. The predicted octanol–water partition coefficient (Wildman–Crippen LogP) is 6.26. The van der Waals surface area contributed by atoms with Crippen LogP contribution in [0.15, 0.2) is 91.3 Å². The summed E-state index contributed by atoms with van der Waals surface area (Å²) in [5.74, 6) is 0.0152. The first-order valence-electron chi connectivity index (χ1n) is 12.3. The molecule has 0 aliphatic rings. The second-order valence-corrected chi connectivity index (χ2v) is 8.94. The standard InChI is InChI=1S/C31H27N3O4/c1-3-38-26-11-13-28-23(16-26)15-20(2)30(33-28)22-6-8-24(9-7-22)34(19-21-5-4-14-32-18-21)31(37)27-12-10-25(35)17-29(27)36/h4-18,35-36H,3,19H2,1-2H3. The van der Waals surface area contributed by atoms with Crippen LogP contribution < -0.4 is 9.64 Å². The molecular formula is C31H27N3O4. The fraction of sp³-hybridized carbons (Fsp3) is 0.129. The molecule has 0 atom stereocenters. The number of phenols is 2. The molecule has 3 aromatic carbocycles. The van der Waals surface area contributed by atoms with Gasteiger partial charge in [-0.3, -0.25) is 9.78 Å². The van der Waals surface area contributed by atoms with E-state index in [4.69, 9.17) is 9.72 Å². The predicted molar refractivity (Wildman–Crippen MR) is 148 cm³/mol. The lowest BCUT2D eigenvalue weighted by molar-refractivity contribution is 0.0982. The van der Waals surface area contributed by atoms with Crippen molar-refractivity contribution in [2.24, 2.45) is 0 Å². The van der Waals surface area contributed by atoms with E-state index in [0.29, 0.717) is 12.3 Å². The molecule has 2 heterocycles. The van der Waals surface area contributed by atoms with Crippen LogP contribution in [0, 0.1) is 6.92 Å². The van der Waals surface area contributed by atoms with Crippen LogP contribution in [-0.2, 0) is 6.54 Å². The molecule has 7 heteroatoms. The van der Waals surface area contributed by atoms with E-state index in [1.165, 1.54) is 12.1 Å². The maximum Gasteiger partial charge on any atom is 0.262 e. The Morgan fingerprint density at radius 3 is 2.50 bits per heavy atom. The Bertz CT molecular complexity index is 1600. The average molecular weight is 506 g/mol. The lowest BCUT2D eigenvalue weighted by Gasteiger charge is -2.24. The van der Waals surface area contributed by atoms with E-state index in [2.05, 4.69) is 11.1 Å². The van der Waals surface area contributed by atoms with Crippen LogP contribution in [0.25, 0.3) is 22.2 Å². The van der Waals surface area contributed by atoms with Crippen molar-refractivity contribution in [2.75, 3.05) is 11.5 Å². The summed E-state index contributed by atoms with van der Waals surface area (Å²) in [6.45, 7) is 4.84. The number of carbonyl (C=O) groups is 1. The minimum absolute atomic E-state index is 0.0919. The highest BCUT2D eigenvalue weighted by Gasteiger charge is 2.22. The van der Waals surface area contributed by atoms with Crippen LogP contribution in [-0.4, -0.2) is 32.7 Å². The van der Waals surface area contributed by atoms with E-state index in [9.17, 15) is 15.0 Å². The summed E-state index contributed by atoms with van der Waals surface area (Å²) in [6, 6.07) is 23.2. The van der Waals surface area contributed by atoms with Crippen LogP contribution in [0.2, 0.25) is 0 Å². The van der Waals surface area contributed by atoms with Gasteiger partial charge in [0.15, 0.2) is 0 Å². The van der Waals surface area contributed by atoms with Crippen molar-refractivity contribution in [1.82, 2.24) is 9.97 Å². The third-order valence-corrected chi connectivity index (χ3v) is 6.26. The van der Waals surface area contributed by atoms with Crippen LogP contribution in [0.3, 0.4) is 0 Å². The van der Waals surface area contributed by atoms with Crippen LogP contribution in [0.4, 0.5) is 5.69 Å². The van der Waals surface area contributed by atoms with Crippen molar-refractivity contribution in [3.8, 4) is 28.5 Å². The third kappa shape index (κ3) is 5.13. The Kier molecular flexibility index (Phi) is 6.91. The quantitative estimate of drug-likeness (QED) is 0.271. The van der Waals surface area contributed by atoms with Gasteiger partial charge in [0.05, 0.1) is 29.9 Å². The van der Waals surface area contributed by atoms with Gasteiger partial charge in [-0.25, -0.2) is 4.98 Å². The topological polar surface area (TPSA) is 95.8 Å². The zero-order chi connectivity index (χ0) is 26.6. The highest BCUT2D eigenvalue weighted by molar-refractivity contribution is 6.08. The second kappa shape index (κ2) is 10.6. The number of benzene rings is 3. The molecule has 0 spiro atoms. The van der Waals surface area contributed by atoms with Gasteiger partial charge in [-0.2, -0.15) is 0 Å². The first kappa shape index (κ1) is 24.8. The first-order chi connectivity index (χ1) is 18.4. The molecule has 2 N–H and O–H groups in total. The third-order valence-electron chi connectivity index (χ3n) is 6.26. The van der Waals surface area contributed by atoms with Crippen molar-refractivity contribution in [3.63, 3.8) is 0 Å². The number of aryl methyl sites for hydroxylation is 1. The van der Waals surface area contributed by atoms with Gasteiger partial charge in [-0.15, -0.1) is 0 Å². The number of aromatic hydroxyl groups is 2. The van der Waals surface area contributed by atoms with Gasteiger partial charge in [0.25, 0.3) is 5.91 Å². The van der Waals surface area contributed by atoms with Crippen molar-refractivity contribution in [2.45, 2.75) is 20.4 Å². The van der Waals surface area contributed by atoms with E-state index in [-0.39, 0.29) is 23.6 Å². The number of fused-ring (bicyclic) bond motifs is 1. The number of carbonyl (C=O) groups excluding carboxylic acids is 1. The normalized spacial score (nSPS) is 10.9. The van der Waals surface area contributed by atoms with E-state index in [1.54, 1.807) is 17.3 Å². The van der Waals surface area contributed by atoms with E-state index in [1.807, 2.05) is 68.4 Å². The summed E-state index contributed by atoms with van der Waals surface area (Å²) in [6.07, 6.45) is 3.37. The number of pyridine rings is 2. The molecule has 190 valence electrons. The van der Waals surface area contributed by atoms with Gasteiger partial charge in [0, 0.05) is 35.1 Å². The van der Waals surface area contributed by atoms with Gasteiger partial charge in [0.1, 0.15) is 17.2 Å². The minimum Gasteiger partial charge on any atom is -0.508 e.